The summed E-state index contributed by atoms with van der Waals surface area (Å²) in [6, 6.07) is 14.7. The molecule has 0 fully saturated rings. The predicted octanol–water partition coefficient (Wildman–Crippen LogP) is 3.02. The van der Waals surface area contributed by atoms with E-state index in [4.69, 9.17) is 4.74 Å². The number of carbonyl (C=O) groups is 1. The van der Waals surface area contributed by atoms with Gasteiger partial charge in [0.1, 0.15) is 11.4 Å². The lowest BCUT2D eigenvalue weighted by atomic mass is 10.1. The van der Waals surface area contributed by atoms with Gasteiger partial charge >= 0.3 is 0 Å². The van der Waals surface area contributed by atoms with E-state index in [9.17, 15) is 4.79 Å². The van der Waals surface area contributed by atoms with Gasteiger partial charge in [-0.15, -0.1) is 0 Å². The lowest BCUT2D eigenvalue weighted by Gasteiger charge is -2.08. The Bertz CT molecular complexity index is 890. The van der Waals surface area contributed by atoms with Gasteiger partial charge in [0.25, 0.3) is 5.91 Å². The lowest BCUT2D eigenvalue weighted by Crippen LogP contribution is -2.18. The smallest absolute Gasteiger partial charge is 0.289 e. The molecule has 0 radical (unpaired) electrons. The molecule has 2 aromatic heterocycles. The van der Waals surface area contributed by atoms with Gasteiger partial charge in [-0.3, -0.25) is 14.9 Å². The van der Waals surface area contributed by atoms with Crippen LogP contribution in [0.2, 0.25) is 0 Å². The Balaban J connectivity index is 1.70. The largest absolute Gasteiger partial charge is 0.493 e. The average Bonchev–Trinajstić information content (AvgIpc) is 3.17. The first-order valence-corrected chi connectivity index (χ1v) is 8.30. The van der Waals surface area contributed by atoms with Crippen LogP contribution in [-0.4, -0.2) is 33.9 Å². The van der Waals surface area contributed by atoms with Crippen LogP contribution in [0.15, 0.2) is 59.8 Å². The van der Waals surface area contributed by atoms with E-state index < -0.39 is 0 Å². The van der Waals surface area contributed by atoms with Gasteiger partial charge in [0.2, 0.25) is 0 Å². The average molecular weight is 349 g/mol. The SMILES string of the molecule is CCCOc1ccccc1-c1cc(C(=O)NN=Cc2ccccn2)[nH]n1. The van der Waals surface area contributed by atoms with E-state index >= 15 is 0 Å². The molecule has 0 spiro atoms. The Hall–Kier alpha value is -3.48. The summed E-state index contributed by atoms with van der Waals surface area (Å²) in [5.41, 5.74) is 4.87. The number of hydrazone groups is 1. The number of nitrogens with one attached hydrogen (secondary N) is 2. The fourth-order valence-electron chi connectivity index (χ4n) is 2.26. The first kappa shape index (κ1) is 17.3. The van der Waals surface area contributed by atoms with Gasteiger partial charge in [0.05, 0.1) is 24.2 Å². The molecule has 0 bridgehead atoms. The van der Waals surface area contributed by atoms with Crippen molar-refractivity contribution < 1.29 is 9.53 Å². The van der Waals surface area contributed by atoms with Crippen molar-refractivity contribution in [3.8, 4) is 17.0 Å². The third-order valence-corrected chi connectivity index (χ3v) is 3.50. The number of benzene rings is 1. The van der Waals surface area contributed by atoms with E-state index in [2.05, 4.69) is 25.7 Å². The van der Waals surface area contributed by atoms with Crippen LogP contribution in [0.1, 0.15) is 29.5 Å². The number of ether oxygens (including phenoxy) is 1. The van der Waals surface area contributed by atoms with Crippen molar-refractivity contribution in [3.05, 3.63) is 66.1 Å². The molecular weight excluding hydrogens is 330 g/mol. The molecule has 2 N–H and O–H groups in total. The fraction of sp³-hybridized carbons (Fsp3) is 0.158. The molecule has 132 valence electrons. The van der Waals surface area contributed by atoms with E-state index in [0.717, 1.165) is 17.7 Å². The van der Waals surface area contributed by atoms with Crippen molar-refractivity contribution >= 4 is 12.1 Å². The van der Waals surface area contributed by atoms with Crippen LogP contribution in [0.5, 0.6) is 5.75 Å². The van der Waals surface area contributed by atoms with Crippen LogP contribution in [0.4, 0.5) is 0 Å². The van der Waals surface area contributed by atoms with Gasteiger partial charge in [-0.1, -0.05) is 25.1 Å². The molecule has 0 aliphatic carbocycles. The number of para-hydroxylation sites is 1. The van der Waals surface area contributed by atoms with E-state index in [1.54, 1.807) is 18.3 Å². The second-order valence-electron chi connectivity index (χ2n) is 5.47. The number of H-pyrrole nitrogens is 1. The normalized spacial score (nSPS) is 10.8. The van der Waals surface area contributed by atoms with E-state index in [1.807, 2.05) is 43.3 Å². The highest BCUT2D eigenvalue weighted by atomic mass is 16.5. The Labute approximate surface area is 151 Å². The zero-order chi connectivity index (χ0) is 18.2. The molecule has 2 heterocycles. The summed E-state index contributed by atoms with van der Waals surface area (Å²) < 4.78 is 5.74. The minimum atomic E-state index is -0.386. The maximum absolute atomic E-state index is 12.2. The van der Waals surface area contributed by atoms with E-state index in [-0.39, 0.29) is 5.91 Å². The summed E-state index contributed by atoms with van der Waals surface area (Å²) in [5, 5.41) is 10.8. The summed E-state index contributed by atoms with van der Waals surface area (Å²) >= 11 is 0. The highest BCUT2D eigenvalue weighted by Gasteiger charge is 2.13. The number of hydrogen-bond acceptors (Lipinski definition) is 5. The van der Waals surface area contributed by atoms with Crippen LogP contribution >= 0.6 is 0 Å². The minimum Gasteiger partial charge on any atom is -0.493 e. The molecule has 0 saturated carbocycles. The predicted molar refractivity (Wildman–Crippen MR) is 99.1 cm³/mol. The standard InChI is InChI=1S/C19H19N5O2/c1-2-11-26-18-9-4-3-8-15(18)16-12-17(23-22-16)19(25)24-21-13-14-7-5-6-10-20-14/h3-10,12-13H,2,11H2,1H3,(H,22,23)(H,24,25). The second-order valence-corrected chi connectivity index (χ2v) is 5.47. The van der Waals surface area contributed by atoms with Gasteiger partial charge in [-0.2, -0.15) is 10.2 Å². The molecule has 0 atom stereocenters. The van der Waals surface area contributed by atoms with Crippen molar-refractivity contribution in [1.82, 2.24) is 20.6 Å². The zero-order valence-electron chi connectivity index (χ0n) is 14.3. The van der Waals surface area contributed by atoms with Gasteiger partial charge in [-0.25, -0.2) is 5.43 Å². The van der Waals surface area contributed by atoms with Gasteiger partial charge in [0, 0.05) is 11.8 Å². The molecule has 7 heteroatoms. The molecular formula is C19H19N5O2. The highest BCUT2D eigenvalue weighted by molar-refractivity contribution is 5.94. The zero-order valence-corrected chi connectivity index (χ0v) is 14.3. The van der Waals surface area contributed by atoms with Crippen molar-refractivity contribution in [3.63, 3.8) is 0 Å². The Kier molecular flexibility index (Phi) is 5.72. The first-order chi connectivity index (χ1) is 12.8. The maximum Gasteiger partial charge on any atom is 0.289 e. The maximum atomic E-state index is 12.2. The van der Waals surface area contributed by atoms with Crippen molar-refractivity contribution in [2.24, 2.45) is 5.10 Å². The summed E-state index contributed by atoms with van der Waals surface area (Å²) in [4.78, 5) is 16.3. The van der Waals surface area contributed by atoms with Crippen molar-refractivity contribution in [1.29, 1.82) is 0 Å². The second kappa shape index (κ2) is 8.57. The summed E-state index contributed by atoms with van der Waals surface area (Å²) in [7, 11) is 0. The number of rotatable bonds is 7. The molecule has 3 rings (SSSR count). The summed E-state index contributed by atoms with van der Waals surface area (Å²) in [5.74, 6) is 0.351. The third-order valence-electron chi connectivity index (χ3n) is 3.50. The van der Waals surface area contributed by atoms with Crippen LogP contribution in [0.3, 0.4) is 0 Å². The van der Waals surface area contributed by atoms with E-state index in [1.165, 1.54) is 6.21 Å². The van der Waals surface area contributed by atoms with Gasteiger partial charge in [-0.05, 0) is 36.8 Å². The van der Waals surface area contributed by atoms with Crippen LogP contribution in [0, 0.1) is 0 Å². The van der Waals surface area contributed by atoms with Crippen molar-refractivity contribution in [2.75, 3.05) is 6.61 Å². The summed E-state index contributed by atoms with van der Waals surface area (Å²) in [6.07, 6.45) is 4.04. The van der Waals surface area contributed by atoms with Crippen LogP contribution in [-0.2, 0) is 0 Å². The Morgan fingerprint density at radius 3 is 2.92 bits per heavy atom. The topological polar surface area (TPSA) is 92.3 Å². The van der Waals surface area contributed by atoms with Gasteiger partial charge in [0.15, 0.2) is 0 Å². The van der Waals surface area contributed by atoms with Crippen LogP contribution < -0.4 is 10.2 Å². The Morgan fingerprint density at radius 2 is 2.12 bits per heavy atom. The lowest BCUT2D eigenvalue weighted by molar-refractivity contribution is 0.0950. The first-order valence-electron chi connectivity index (χ1n) is 8.30. The monoisotopic (exact) mass is 349 g/mol. The molecule has 0 aliphatic rings. The Morgan fingerprint density at radius 1 is 1.27 bits per heavy atom. The minimum absolute atomic E-state index is 0.309. The molecule has 0 aliphatic heterocycles. The number of aromatic nitrogens is 3. The molecule has 3 aromatic rings. The fourth-order valence-corrected chi connectivity index (χ4v) is 2.26. The number of carbonyl (C=O) groups excluding carboxylic acids is 1. The quantitative estimate of drug-likeness (QED) is 0.506. The highest BCUT2D eigenvalue weighted by Crippen LogP contribution is 2.28. The molecule has 0 unspecified atom stereocenters. The van der Waals surface area contributed by atoms with Crippen molar-refractivity contribution in [2.45, 2.75) is 13.3 Å². The summed E-state index contributed by atoms with van der Waals surface area (Å²) in [6.45, 7) is 2.67. The molecule has 1 amide bonds. The van der Waals surface area contributed by atoms with Crippen LogP contribution in [0.25, 0.3) is 11.3 Å². The van der Waals surface area contributed by atoms with E-state index in [0.29, 0.717) is 23.7 Å². The number of amides is 1. The number of pyridine rings is 1. The molecule has 0 saturated heterocycles. The molecule has 26 heavy (non-hydrogen) atoms. The molecule has 1 aromatic carbocycles. The number of nitrogens with zero attached hydrogens (tertiary/aromatic N) is 3. The number of hydrogen-bond donors (Lipinski definition) is 2. The van der Waals surface area contributed by atoms with Gasteiger partial charge < -0.3 is 4.74 Å². The third kappa shape index (κ3) is 4.32. The number of aromatic amines is 1. The molecule has 7 nitrogen and oxygen atoms in total.